The van der Waals surface area contributed by atoms with Gasteiger partial charge >= 0.3 is 0 Å². The molecule has 2 fully saturated rings. The van der Waals surface area contributed by atoms with Crippen LogP contribution in [0, 0.1) is 5.92 Å². The third-order valence-corrected chi connectivity index (χ3v) is 3.47. The normalized spacial score (nSPS) is 29.8. The lowest BCUT2D eigenvalue weighted by atomic mass is 9.94. The molecule has 1 unspecified atom stereocenters. The van der Waals surface area contributed by atoms with E-state index in [1.807, 2.05) is 0 Å². The molecular formula is C11H23ClN2O. The fourth-order valence-electron chi connectivity index (χ4n) is 2.46. The van der Waals surface area contributed by atoms with Crippen LogP contribution < -0.4 is 5.32 Å². The summed E-state index contributed by atoms with van der Waals surface area (Å²) in [7, 11) is 0. The summed E-state index contributed by atoms with van der Waals surface area (Å²) in [5.41, 5.74) is 0. The highest BCUT2D eigenvalue weighted by Gasteiger charge is 2.27. The van der Waals surface area contributed by atoms with E-state index in [9.17, 15) is 0 Å². The summed E-state index contributed by atoms with van der Waals surface area (Å²) in [4.78, 5) is 2.53. The fourth-order valence-corrected chi connectivity index (χ4v) is 2.46. The Morgan fingerprint density at radius 1 is 1.33 bits per heavy atom. The summed E-state index contributed by atoms with van der Waals surface area (Å²) in [5.74, 6) is 0.748. The van der Waals surface area contributed by atoms with E-state index in [0.717, 1.165) is 19.1 Å². The topological polar surface area (TPSA) is 24.5 Å². The average molecular weight is 235 g/mol. The molecule has 2 aliphatic heterocycles. The molecular weight excluding hydrogens is 212 g/mol. The number of likely N-dealkylation sites (tertiary alicyclic amines) is 1. The first-order chi connectivity index (χ1) is 6.90. The molecule has 1 atom stereocenters. The van der Waals surface area contributed by atoms with Crippen LogP contribution in [0.2, 0.25) is 0 Å². The van der Waals surface area contributed by atoms with Gasteiger partial charge < -0.3 is 9.64 Å². The van der Waals surface area contributed by atoms with Crippen molar-refractivity contribution in [3.8, 4) is 0 Å². The van der Waals surface area contributed by atoms with E-state index < -0.39 is 0 Å². The Morgan fingerprint density at radius 3 is 2.60 bits per heavy atom. The molecule has 0 saturated carbocycles. The van der Waals surface area contributed by atoms with Crippen LogP contribution in [0.4, 0.5) is 0 Å². The third kappa shape index (κ3) is 3.59. The molecule has 4 heteroatoms. The first-order valence-corrected chi connectivity index (χ1v) is 5.97. The first kappa shape index (κ1) is 13.2. The molecule has 0 amide bonds. The lowest BCUT2D eigenvalue weighted by Gasteiger charge is -2.37. The molecule has 0 aliphatic carbocycles. The summed E-state index contributed by atoms with van der Waals surface area (Å²) in [6, 6.07) is 0. The SMILES string of the molecule is CCN1CCC(C2NCCCO2)CC1.Cl. The van der Waals surface area contributed by atoms with Crippen molar-refractivity contribution < 1.29 is 4.74 Å². The molecule has 90 valence electrons. The molecule has 15 heavy (non-hydrogen) atoms. The maximum absolute atomic E-state index is 5.76. The van der Waals surface area contributed by atoms with Crippen molar-refractivity contribution in [3.05, 3.63) is 0 Å². The molecule has 0 bridgehead atoms. The predicted molar refractivity (Wildman–Crippen MR) is 64.4 cm³/mol. The maximum Gasteiger partial charge on any atom is 0.111 e. The second kappa shape index (κ2) is 6.69. The van der Waals surface area contributed by atoms with Gasteiger partial charge in [0.1, 0.15) is 6.23 Å². The van der Waals surface area contributed by atoms with Crippen LogP contribution in [0.5, 0.6) is 0 Å². The van der Waals surface area contributed by atoms with Crippen molar-refractivity contribution in [3.63, 3.8) is 0 Å². The van der Waals surface area contributed by atoms with Crippen LogP contribution in [0.3, 0.4) is 0 Å². The number of halogens is 1. The molecule has 2 saturated heterocycles. The van der Waals surface area contributed by atoms with Crippen LogP contribution in [-0.4, -0.2) is 43.9 Å². The summed E-state index contributed by atoms with van der Waals surface area (Å²) in [5, 5.41) is 3.48. The molecule has 0 radical (unpaired) electrons. The zero-order valence-corrected chi connectivity index (χ0v) is 10.4. The minimum absolute atomic E-state index is 0. The largest absolute Gasteiger partial charge is 0.363 e. The van der Waals surface area contributed by atoms with Crippen LogP contribution in [-0.2, 0) is 4.74 Å². The Hall–Kier alpha value is 0.170. The highest BCUT2D eigenvalue weighted by Crippen LogP contribution is 2.22. The van der Waals surface area contributed by atoms with E-state index in [1.165, 1.54) is 38.9 Å². The zero-order valence-electron chi connectivity index (χ0n) is 9.58. The Labute approximate surface area is 99.0 Å². The molecule has 1 N–H and O–H groups in total. The molecule has 2 rings (SSSR count). The Morgan fingerprint density at radius 2 is 2.07 bits per heavy atom. The Balaban J connectivity index is 0.00000112. The molecule has 3 nitrogen and oxygen atoms in total. The minimum atomic E-state index is 0. The number of nitrogens with one attached hydrogen (secondary N) is 1. The smallest absolute Gasteiger partial charge is 0.111 e. The van der Waals surface area contributed by atoms with Crippen molar-refractivity contribution in [1.29, 1.82) is 0 Å². The van der Waals surface area contributed by atoms with Gasteiger partial charge in [0.25, 0.3) is 0 Å². The predicted octanol–water partition coefficient (Wildman–Crippen LogP) is 1.48. The summed E-state index contributed by atoms with van der Waals surface area (Å²) in [6.07, 6.45) is 4.11. The monoisotopic (exact) mass is 234 g/mol. The van der Waals surface area contributed by atoms with Gasteiger partial charge in [-0.2, -0.15) is 0 Å². The average Bonchev–Trinajstić information content (AvgIpc) is 2.30. The highest BCUT2D eigenvalue weighted by atomic mass is 35.5. The number of ether oxygens (including phenoxy) is 1. The molecule has 0 spiro atoms. The lowest BCUT2D eigenvalue weighted by Crippen LogP contribution is -2.47. The number of nitrogens with zero attached hydrogens (tertiary/aromatic N) is 1. The van der Waals surface area contributed by atoms with E-state index in [1.54, 1.807) is 0 Å². The van der Waals surface area contributed by atoms with E-state index in [4.69, 9.17) is 4.74 Å². The van der Waals surface area contributed by atoms with Crippen LogP contribution in [0.15, 0.2) is 0 Å². The van der Waals surface area contributed by atoms with Crippen molar-refractivity contribution in [2.24, 2.45) is 5.92 Å². The van der Waals surface area contributed by atoms with Crippen LogP contribution in [0.25, 0.3) is 0 Å². The van der Waals surface area contributed by atoms with E-state index >= 15 is 0 Å². The van der Waals surface area contributed by atoms with E-state index in [0.29, 0.717) is 6.23 Å². The van der Waals surface area contributed by atoms with E-state index in [-0.39, 0.29) is 12.4 Å². The molecule has 2 heterocycles. The number of hydrogen-bond donors (Lipinski definition) is 1. The van der Waals surface area contributed by atoms with Crippen molar-refractivity contribution in [2.75, 3.05) is 32.8 Å². The molecule has 0 aromatic heterocycles. The summed E-state index contributed by atoms with van der Waals surface area (Å²) < 4.78 is 5.76. The van der Waals surface area contributed by atoms with Gasteiger partial charge in [-0.3, -0.25) is 5.32 Å². The number of hydrogen-bond acceptors (Lipinski definition) is 3. The quantitative estimate of drug-likeness (QED) is 0.784. The minimum Gasteiger partial charge on any atom is -0.363 e. The van der Waals surface area contributed by atoms with E-state index in [2.05, 4.69) is 17.1 Å². The first-order valence-electron chi connectivity index (χ1n) is 5.97. The van der Waals surface area contributed by atoms with Gasteiger partial charge in [-0.25, -0.2) is 0 Å². The lowest BCUT2D eigenvalue weighted by molar-refractivity contribution is -0.0512. The Kier molecular flexibility index (Phi) is 5.90. The summed E-state index contributed by atoms with van der Waals surface area (Å²) in [6.45, 7) is 8.04. The zero-order chi connectivity index (χ0) is 9.80. The van der Waals surface area contributed by atoms with Gasteiger partial charge in [0.2, 0.25) is 0 Å². The Bertz CT molecular complexity index is 166. The number of rotatable bonds is 2. The molecule has 0 aromatic carbocycles. The van der Waals surface area contributed by atoms with Gasteiger partial charge in [0.15, 0.2) is 0 Å². The van der Waals surface area contributed by atoms with Gasteiger partial charge in [0, 0.05) is 12.5 Å². The number of piperidine rings is 1. The van der Waals surface area contributed by atoms with Gasteiger partial charge in [0.05, 0.1) is 0 Å². The van der Waals surface area contributed by atoms with Gasteiger partial charge in [-0.1, -0.05) is 6.92 Å². The molecule has 0 aromatic rings. The van der Waals surface area contributed by atoms with Crippen molar-refractivity contribution in [2.45, 2.75) is 32.4 Å². The third-order valence-electron chi connectivity index (χ3n) is 3.47. The van der Waals surface area contributed by atoms with Gasteiger partial charge in [-0.05, 0) is 45.4 Å². The van der Waals surface area contributed by atoms with Crippen LogP contribution >= 0.6 is 12.4 Å². The summed E-state index contributed by atoms with van der Waals surface area (Å²) >= 11 is 0. The second-order valence-corrected chi connectivity index (χ2v) is 4.37. The van der Waals surface area contributed by atoms with Crippen molar-refractivity contribution in [1.82, 2.24) is 10.2 Å². The van der Waals surface area contributed by atoms with Crippen LogP contribution in [0.1, 0.15) is 26.2 Å². The fraction of sp³-hybridized carbons (Fsp3) is 1.00. The molecule has 2 aliphatic rings. The second-order valence-electron chi connectivity index (χ2n) is 4.37. The highest BCUT2D eigenvalue weighted by molar-refractivity contribution is 5.85. The van der Waals surface area contributed by atoms with Crippen molar-refractivity contribution >= 4 is 12.4 Å². The standard InChI is InChI=1S/C11H22N2O.ClH/c1-2-13-7-4-10(5-8-13)11-12-6-3-9-14-11;/h10-12H,2-9H2,1H3;1H. The maximum atomic E-state index is 5.76. The van der Waals surface area contributed by atoms with Gasteiger partial charge in [-0.15, -0.1) is 12.4 Å².